The van der Waals surface area contributed by atoms with Crippen LogP contribution in [0.5, 0.6) is 0 Å². The summed E-state index contributed by atoms with van der Waals surface area (Å²) in [5, 5.41) is 104. The largest absolute Gasteiger partial charge is 0.368 e. The Hall–Kier alpha value is -11.3. The van der Waals surface area contributed by atoms with Crippen LogP contribution in [0.4, 0.5) is 0 Å². The molecule has 138 heavy (non-hydrogen) atoms. The van der Waals surface area contributed by atoms with Crippen molar-refractivity contribution in [1.82, 2.24) is 94.9 Å². The number of nitrogens with one attached hydrogen (secondary N) is 3. The zero-order valence-corrected chi connectivity index (χ0v) is 85.4. The van der Waals surface area contributed by atoms with E-state index in [1.54, 1.807) is 122 Å². The number of hydrazone groups is 5. The van der Waals surface area contributed by atoms with Gasteiger partial charge in [0, 0.05) is 176 Å². The summed E-state index contributed by atoms with van der Waals surface area (Å²) in [6.45, 7) is 16.3. The Kier molecular flexibility index (Phi) is 49.9. The lowest BCUT2D eigenvalue weighted by atomic mass is 10.2. The molecular formula is C78H95Cl7N35O12PS5. The third-order valence-electron chi connectivity index (χ3n) is 18.9. The first-order valence-corrected chi connectivity index (χ1v) is 51.1. The van der Waals surface area contributed by atoms with Gasteiger partial charge in [0.2, 0.25) is 28.7 Å². The fourth-order valence-corrected chi connectivity index (χ4v) is 23.1. The molecule has 6 fully saturated rings. The molecule has 0 spiro atoms. The topological polar surface area (TPSA) is 568 Å². The van der Waals surface area contributed by atoms with Crippen molar-refractivity contribution >= 4 is 191 Å². The smallest absolute Gasteiger partial charge is 0.276 e. The number of pyridine rings is 6. The van der Waals surface area contributed by atoms with E-state index in [9.17, 15) is 55.1 Å². The van der Waals surface area contributed by atoms with Crippen molar-refractivity contribution in [2.75, 3.05) is 111 Å². The molecule has 7 aliphatic rings. The molecule has 7 aliphatic heterocycles. The van der Waals surface area contributed by atoms with Crippen LogP contribution in [0.15, 0.2) is 157 Å². The Bertz CT molecular complexity index is 5420. The van der Waals surface area contributed by atoms with Crippen molar-refractivity contribution in [2.24, 2.45) is 40.5 Å². The molecule has 60 heteroatoms. The van der Waals surface area contributed by atoms with Crippen molar-refractivity contribution in [3.05, 3.63) is 240 Å². The number of aromatic nitrogens is 7. The fourth-order valence-electron chi connectivity index (χ4n) is 12.8. The summed E-state index contributed by atoms with van der Waals surface area (Å²) in [5.74, 6) is 4.82. The van der Waals surface area contributed by atoms with Gasteiger partial charge in [0.05, 0.1) is 48.3 Å². The number of hydrogen-bond acceptors (Lipinski definition) is 33. The second-order valence-corrected chi connectivity index (χ2v) is 41.3. The molecule has 0 aromatic carbocycles. The number of thiazole rings is 1. The van der Waals surface area contributed by atoms with Gasteiger partial charge < -0.3 is 54.4 Å². The molecular weight excluding hydrogens is 2060 g/mol. The van der Waals surface area contributed by atoms with Gasteiger partial charge in [0.25, 0.3) is 18.5 Å². The van der Waals surface area contributed by atoms with E-state index in [0.717, 1.165) is 132 Å². The molecule has 0 saturated carbocycles. The number of nitro groups is 5. The maximum Gasteiger partial charge on any atom is 0.276 e. The van der Waals surface area contributed by atoms with Crippen LogP contribution < -0.4 is 16.0 Å². The van der Waals surface area contributed by atoms with Crippen LogP contribution >= 0.6 is 146 Å². The van der Waals surface area contributed by atoms with E-state index < -0.39 is 37.4 Å². The molecule has 47 nitrogen and oxygen atoms in total. The molecule has 14 heterocycles. The maximum atomic E-state index is 13.0. The summed E-state index contributed by atoms with van der Waals surface area (Å²) in [7, 11) is 5.29. The van der Waals surface area contributed by atoms with Crippen LogP contribution in [0.3, 0.4) is 0 Å². The first kappa shape index (κ1) is 114. The molecule has 6 saturated heterocycles. The van der Waals surface area contributed by atoms with Gasteiger partial charge in [-0.05, 0) is 110 Å². The van der Waals surface area contributed by atoms with Crippen LogP contribution in [0.25, 0.3) is 0 Å². The van der Waals surface area contributed by atoms with Crippen LogP contribution in [-0.2, 0) is 54.9 Å². The number of guanidine groups is 3. The van der Waals surface area contributed by atoms with Crippen molar-refractivity contribution in [2.45, 2.75) is 110 Å². The van der Waals surface area contributed by atoms with Gasteiger partial charge in [0.1, 0.15) is 52.6 Å². The predicted octanol–water partition coefficient (Wildman–Crippen LogP) is 13.9. The molecule has 3 atom stereocenters. The first-order chi connectivity index (χ1) is 66.1. The molecule has 738 valence electrons. The third-order valence-corrected chi connectivity index (χ3v) is 30.3. The summed E-state index contributed by atoms with van der Waals surface area (Å²) in [6.07, 6.45) is 20.7. The second-order valence-electron chi connectivity index (χ2n) is 28.9. The molecule has 0 radical (unpaired) electrons. The van der Waals surface area contributed by atoms with Gasteiger partial charge >= 0.3 is 0 Å². The Morgan fingerprint density at radius 1 is 0.580 bits per heavy atom. The maximum absolute atomic E-state index is 13.0. The minimum atomic E-state index is -3.03. The van der Waals surface area contributed by atoms with E-state index in [1.807, 2.05) is 107 Å². The highest BCUT2D eigenvalue weighted by atomic mass is 35.5. The van der Waals surface area contributed by atoms with Crippen molar-refractivity contribution in [3.8, 4) is 18.6 Å². The van der Waals surface area contributed by atoms with E-state index in [-0.39, 0.29) is 17.0 Å². The number of thioether (sulfide) groups is 3. The normalized spacial score (nSPS) is 17.8. The van der Waals surface area contributed by atoms with Crippen LogP contribution in [0, 0.1) is 84.9 Å². The van der Waals surface area contributed by atoms with Gasteiger partial charge in [0.15, 0.2) is 46.8 Å². The van der Waals surface area contributed by atoms with Gasteiger partial charge in [-0.2, -0.15) is 20.8 Å². The number of likely N-dealkylation sites (tertiary alicyclic amines) is 1. The lowest BCUT2D eigenvalue weighted by Gasteiger charge is -2.39. The number of aliphatic imine (C=N–C) groups is 3. The van der Waals surface area contributed by atoms with Gasteiger partial charge in [-0.1, -0.05) is 178 Å². The summed E-state index contributed by atoms with van der Waals surface area (Å²) < 4.78 is 18.9. The quantitative estimate of drug-likeness (QED) is 0.00662. The summed E-state index contributed by atoms with van der Waals surface area (Å²) in [6, 6.07) is 21.7. The highest BCUT2D eigenvalue weighted by Crippen LogP contribution is 2.67. The number of hydrogen-bond donors (Lipinski definition) is 3. The van der Waals surface area contributed by atoms with Gasteiger partial charge in [-0.15, -0.1) is 16.3 Å². The van der Waals surface area contributed by atoms with Crippen molar-refractivity contribution < 1.29 is 34.3 Å². The average molecular weight is 2150 g/mol. The van der Waals surface area contributed by atoms with Gasteiger partial charge in [-0.3, -0.25) is 19.8 Å². The second kappa shape index (κ2) is 60.6. The minimum Gasteiger partial charge on any atom is -0.368 e. The molecule has 7 aromatic heterocycles. The number of nitrogens with zero attached hydrogens (tertiary/aromatic N) is 32. The zero-order valence-electron chi connectivity index (χ0n) is 75.1. The first-order valence-electron chi connectivity index (χ1n) is 41.5. The highest BCUT2D eigenvalue weighted by molar-refractivity contribution is 8.57. The van der Waals surface area contributed by atoms with E-state index in [0.29, 0.717) is 136 Å². The summed E-state index contributed by atoms with van der Waals surface area (Å²) in [4.78, 5) is 110. The van der Waals surface area contributed by atoms with E-state index in [1.165, 1.54) is 46.2 Å². The van der Waals surface area contributed by atoms with Crippen LogP contribution in [-0.4, -0.2) is 271 Å². The third kappa shape index (κ3) is 41.0. The molecule has 0 bridgehead atoms. The molecule has 3 unspecified atom stereocenters. The molecule has 3 N–H and O–H groups in total. The Labute approximate surface area is 849 Å². The monoisotopic (exact) mass is 2150 g/mol. The van der Waals surface area contributed by atoms with E-state index in [2.05, 4.69) is 101 Å². The van der Waals surface area contributed by atoms with E-state index >= 15 is 0 Å². The van der Waals surface area contributed by atoms with Crippen LogP contribution in [0.2, 0.25) is 35.4 Å². The molecule has 7 aromatic rings. The predicted molar refractivity (Wildman–Crippen MR) is 539 cm³/mol. The van der Waals surface area contributed by atoms with E-state index in [4.69, 9.17) is 102 Å². The SMILES string of the molecule is CCN(Cc1ccc(Cl)nc1)/C(=N/[N+](=O)[O-])NC.CCOP(=O)(SC(C)CC)C1CCN/C1=N/[N+](=O)[O-].CN1CN(C)/C(=N\[N+](=O)[O-])N(Cc2cnc(Cl)s2)C1.N#CN=C1CCCN1Cc1ccc(Cl)nc1.N#CN=C1SCCN1Cc1ccc(Cl)nc1.N#CNC1=NCCN1Cc1ccc(Cl)nc1.O=[N+]([O-])/N=C1\SCCN1Cc1ccc(Cl)nc1.O=[N+]([O-])/N=C1\SCCN1Cc1ccc(Cl)nc1. The minimum absolute atomic E-state index is 0.176. The molecule has 0 amide bonds. The summed E-state index contributed by atoms with van der Waals surface area (Å²) in [5.41, 5.74) is 5.48. The number of halogens is 7. The molecule has 14 rings (SSSR count). The Morgan fingerprint density at radius 2 is 1.04 bits per heavy atom. The summed E-state index contributed by atoms with van der Waals surface area (Å²) >= 11 is 47.0. The van der Waals surface area contributed by atoms with Crippen molar-refractivity contribution in [3.63, 3.8) is 0 Å². The zero-order chi connectivity index (χ0) is 101. The fraction of sp³-hybridized carbons (Fsp3) is 0.436. The average Bonchev–Trinajstić information content (AvgIpc) is 1.58. The van der Waals surface area contributed by atoms with Crippen molar-refractivity contribution in [1.29, 1.82) is 15.8 Å². The standard InChI is InChI=1S/C11H11ClN4.C10H14ClN5O2.C10H10ClN5.C10H9ClN4S.C10H20N3O4PS.C9H13ClN6O2S.2C9H9ClN4O2S/c12-10-4-3-9(6-14-10)7-16-5-1-2-11(16)15-8-13;1-3-15(10(12-2)14-16(17)18)7-8-4-5-9(11)13-6-8;11-9-2-1-8(5-14-9)6-16-4-3-13-10(16)15-7-12;11-9-2-1-8(5-13-9)6-15-3-4-16-10(15)14-7-12;1-4-8(3)19-18(16,17-5-2)9-6-7-11-10(9)12-13(14)15;1-13-5-14(2)9(12-16(17)18)15(6-13)4-7-3-11-8(10)19-7;2*10-8-2-1-7(5-11-8)6-13-3-4-17-9(13)12-14(15)16/h3-4,6H,1-2,5,7H2;4-6H,3,7H2,1-2H3,(H,12,14);1-2,5H,3-4,6H2,(H,13,15);1-2,5H,3-4,6H2;8-9H,4-7H2,1-3H3,(H,11,12);3H,4-6H2,1-2H3;2*1-2,5H,3-4,6H2/b;;;;;12-9+;2*12-9-. The number of rotatable bonds is 26. The molecule has 0 aliphatic carbocycles. The highest BCUT2D eigenvalue weighted by Gasteiger charge is 2.44. The number of amidine groups is 5. The Balaban J connectivity index is 0.000000215. The van der Waals surface area contributed by atoms with Crippen LogP contribution in [0.1, 0.15) is 91.6 Å². The number of nitriles is 3. The van der Waals surface area contributed by atoms with Gasteiger partial charge in [-0.25, -0.2) is 85.5 Å². The lowest BCUT2D eigenvalue weighted by molar-refractivity contribution is -0.486. The Morgan fingerprint density at radius 3 is 1.44 bits per heavy atom. The lowest BCUT2D eigenvalue weighted by Crippen LogP contribution is -2.55.